The van der Waals surface area contributed by atoms with Crippen molar-refractivity contribution in [2.45, 2.75) is 52.6 Å². The van der Waals surface area contributed by atoms with Gasteiger partial charge in [-0.2, -0.15) is 0 Å². The zero-order valence-electron chi connectivity index (χ0n) is 16.2. The van der Waals surface area contributed by atoms with Gasteiger partial charge in [0.25, 0.3) is 0 Å². The summed E-state index contributed by atoms with van der Waals surface area (Å²) in [5, 5.41) is 10.9. The minimum atomic E-state index is -0.343. The highest BCUT2D eigenvalue weighted by atomic mass is 16.2. The molecule has 3 rings (SSSR count). The molecule has 0 spiro atoms. The lowest BCUT2D eigenvalue weighted by Gasteiger charge is -2.17. The number of rotatable bonds is 7. The van der Waals surface area contributed by atoms with E-state index in [1.807, 2.05) is 28.8 Å². The number of amides is 2. The average Bonchev–Trinajstić information content (AvgIpc) is 3.26. The Hall–Kier alpha value is -2.70. The number of anilines is 1. The van der Waals surface area contributed by atoms with E-state index in [-0.39, 0.29) is 24.2 Å². The number of carbonyl (C=O) groups is 2. The number of aryl methyl sites for hydroxylation is 1. The van der Waals surface area contributed by atoms with Crippen LogP contribution in [0.1, 0.15) is 50.9 Å². The van der Waals surface area contributed by atoms with E-state index in [2.05, 4.69) is 36.3 Å². The van der Waals surface area contributed by atoms with Crippen molar-refractivity contribution >= 4 is 17.5 Å². The third-order valence-electron chi connectivity index (χ3n) is 4.95. The summed E-state index contributed by atoms with van der Waals surface area (Å²) in [6.07, 6.45) is 2.88. The highest BCUT2D eigenvalue weighted by Gasteiger charge is 2.35. The predicted molar refractivity (Wildman–Crippen MR) is 103 cm³/mol. The third kappa shape index (κ3) is 4.35. The van der Waals surface area contributed by atoms with Crippen LogP contribution in [0, 0.1) is 5.92 Å². The van der Waals surface area contributed by atoms with E-state index in [9.17, 15) is 9.59 Å². The summed E-state index contributed by atoms with van der Waals surface area (Å²) < 4.78 is 1.93. The van der Waals surface area contributed by atoms with Gasteiger partial charge in [-0.15, -0.1) is 10.2 Å². The Bertz CT molecular complexity index is 797. The lowest BCUT2D eigenvalue weighted by Crippen LogP contribution is -2.33. The number of benzene rings is 1. The normalized spacial score (nSPS) is 17.0. The van der Waals surface area contributed by atoms with Gasteiger partial charge in [-0.25, -0.2) is 0 Å². The van der Waals surface area contributed by atoms with Crippen LogP contribution in [0.5, 0.6) is 0 Å². The van der Waals surface area contributed by atoms with E-state index < -0.39 is 0 Å². The molecule has 1 aliphatic rings. The molecule has 7 heteroatoms. The Morgan fingerprint density at radius 2 is 2.04 bits per heavy atom. The van der Waals surface area contributed by atoms with Crippen LogP contribution in [0.25, 0.3) is 0 Å². The van der Waals surface area contributed by atoms with Crippen molar-refractivity contribution in [2.75, 3.05) is 11.4 Å². The van der Waals surface area contributed by atoms with Gasteiger partial charge in [0.15, 0.2) is 5.82 Å². The molecule has 1 saturated heterocycles. The summed E-state index contributed by atoms with van der Waals surface area (Å²) in [7, 11) is 0. The molecule has 27 heavy (non-hydrogen) atoms. The van der Waals surface area contributed by atoms with Crippen molar-refractivity contribution in [3.63, 3.8) is 0 Å². The molecule has 1 aromatic carbocycles. The van der Waals surface area contributed by atoms with Gasteiger partial charge < -0.3 is 14.8 Å². The first-order valence-electron chi connectivity index (χ1n) is 9.54. The zero-order valence-corrected chi connectivity index (χ0v) is 16.2. The van der Waals surface area contributed by atoms with Crippen LogP contribution in [0.2, 0.25) is 0 Å². The average molecular weight is 369 g/mol. The van der Waals surface area contributed by atoms with Gasteiger partial charge in [0.1, 0.15) is 6.33 Å². The summed E-state index contributed by atoms with van der Waals surface area (Å²) in [5.74, 6) is 0.708. The fraction of sp³-hybridized carbons (Fsp3) is 0.500. The van der Waals surface area contributed by atoms with Crippen molar-refractivity contribution in [3.8, 4) is 0 Å². The molecule has 1 fully saturated rings. The Balaban J connectivity index is 1.59. The fourth-order valence-corrected chi connectivity index (χ4v) is 3.33. The van der Waals surface area contributed by atoms with Crippen LogP contribution in [-0.2, 0) is 22.7 Å². The van der Waals surface area contributed by atoms with Gasteiger partial charge in [0.05, 0.1) is 12.5 Å². The Morgan fingerprint density at radius 3 is 2.70 bits per heavy atom. The van der Waals surface area contributed by atoms with Crippen LogP contribution in [0.15, 0.2) is 30.6 Å². The van der Waals surface area contributed by atoms with Crippen LogP contribution in [-0.4, -0.2) is 33.1 Å². The second-order valence-corrected chi connectivity index (χ2v) is 7.31. The molecule has 7 nitrogen and oxygen atoms in total. The van der Waals surface area contributed by atoms with Gasteiger partial charge in [0.2, 0.25) is 11.8 Å². The maximum absolute atomic E-state index is 12.5. The van der Waals surface area contributed by atoms with Gasteiger partial charge in [-0.3, -0.25) is 9.59 Å². The summed E-state index contributed by atoms with van der Waals surface area (Å²) >= 11 is 0. The number of aromatic nitrogens is 3. The van der Waals surface area contributed by atoms with Crippen LogP contribution >= 0.6 is 0 Å². The van der Waals surface area contributed by atoms with E-state index in [0.717, 1.165) is 24.5 Å². The molecule has 0 bridgehead atoms. The molecule has 2 amide bonds. The first-order valence-corrected chi connectivity index (χ1v) is 9.54. The topological polar surface area (TPSA) is 80.1 Å². The largest absolute Gasteiger partial charge is 0.348 e. The van der Waals surface area contributed by atoms with Gasteiger partial charge in [-0.05, 0) is 30.0 Å². The maximum atomic E-state index is 12.5. The molecular formula is C20H27N5O2. The summed E-state index contributed by atoms with van der Waals surface area (Å²) in [6, 6.07) is 8.00. The minimum Gasteiger partial charge on any atom is -0.348 e. The van der Waals surface area contributed by atoms with E-state index in [0.29, 0.717) is 19.0 Å². The highest BCUT2D eigenvalue weighted by Crippen LogP contribution is 2.27. The Kier molecular flexibility index (Phi) is 5.88. The lowest BCUT2D eigenvalue weighted by molar-refractivity contribution is -0.126. The minimum absolute atomic E-state index is 0.0124. The molecule has 1 unspecified atom stereocenters. The molecule has 1 atom stereocenters. The quantitative estimate of drug-likeness (QED) is 0.813. The predicted octanol–water partition coefficient (Wildman–Crippen LogP) is 2.48. The standard InChI is InChI=1S/C20H27N5O2/c1-4-9-24-13-22-23-18(24)11-21-20(27)16-10-19(26)25(12-16)17-7-5-15(6-8-17)14(2)3/h5-8,13-14,16H,4,9-12H2,1-3H3,(H,21,27). The second kappa shape index (κ2) is 8.33. The number of hydrogen-bond donors (Lipinski definition) is 1. The van der Waals surface area contributed by atoms with Crippen molar-refractivity contribution in [1.29, 1.82) is 0 Å². The molecule has 2 aromatic rings. The third-order valence-corrected chi connectivity index (χ3v) is 4.95. The van der Waals surface area contributed by atoms with Crippen LogP contribution < -0.4 is 10.2 Å². The first kappa shape index (κ1) is 19.1. The fourth-order valence-electron chi connectivity index (χ4n) is 3.33. The van der Waals surface area contributed by atoms with Gasteiger partial charge in [0, 0.05) is 25.2 Å². The van der Waals surface area contributed by atoms with E-state index in [4.69, 9.17) is 0 Å². The van der Waals surface area contributed by atoms with E-state index in [1.54, 1.807) is 11.2 Å². The lowest BCUT2D eigenvalue weighted by atomic mass is 10.0. The molecule has 2 heterocycles. The smallest absolute Gasteiger partial charge is 0.227 e. The molecule has 1 N–H and O–H groups in total. The van der Waals surface area contributed by atoms with Crippen molar-refractivity contribution in [3.05, 3.63) is 42.0 Å². The van der Waals surface area contributed by atoms with Crippen molar-refractivity contribution in [1.82, 2.24) is 20.1 Å². The molecule has 1 aromatic heterocycles. The molecule has 144 valence electrons. The molecular weight excluding hydrogens is 342 g/mol. The van der Waals surface area contributed by atoms with Gasteiger partial charge >= 0.3 is 0 Å². The number of nitrogens with zero attached hydrogens (tertiary/aromatic N) is 4. The van der Waals surface area contributed by atoms with Crippen LogP contribution in [0.3, 0.4) is 0 Å². The summed E-state index contributed by atoms with van der Waals surface area (Å²) in [4.78, 5) is 26.6. The second-order valence-electron chi connectivity index (χ2n) is 7.31. The number of nitrogens with one attached hydrogen (secondary N) is 1. The zero-order chi connectivity index (χ0) is 19.4. The summed E-state index contributed by atoms with van der Waals surface area (Å²) in [5.41, 5.74) is 2.08. The Labute approximate surface area is 159 Å². The van der Waals surface area contributed by atoms with Crippen molar-refractivity contribution in [2.24, 2.45) is 5.92 Å². The van der Waals surface area contributed by atoms with Crippen LogP contribution in [0.4, 0.5) is 5.69 Å². The van der Waals surface area contributed by atoms with Gasteiger partial charge in [-0.1, -0.05) is 32.9 Å². The van der Waals surface area contributed by atoms with Crippen molar-refractivity contribution < 1.29 is 9.59 Å². The molecule has 1 aliphatic heterocycles. The first-order chi connectivity index (χ1) is 13.0. The Morgan fingerprint density at radius 1 is 1.30 bits per heavy atom. The summed E-state index contributed by atoms with van der Waals surface area (Å²) in [6.45, 7) is 7.91. The number of hydrogen-bond acceptors (Lipinski definition) is 4. The van der Waals surface area contributed by atoms with E-state index in [1.165, 1.54) is 5.56 Å². The highest BCUT2D eigenvalue weighted by molar-refractivity contribution is 6.00. The maximum Gasteiger partial charge on any atom is 0.227 e. The molecule has 0 aliphatic carbocycles. The monoisotopic (exact) mass is 369 g/mol. The SMILES string of the molecule is CCCn1cnnc1CNC(=O)C1CC(=O)N(c2ccc(C(C)C)cc2)C1. The molecule has 0 saturated carbocycles. The number of carbonyl (C=O) groups excluding carboxylic acids is 2. The molecule has 0 radical (unpaired) electrons. The van der Waals surface area contributed by atoms with E-state index >= 15 is 0 Å².